The van der Waals surface area contributed by atoms with E-state index in [0.717, 1.165) is 9.13 Å². The summed E-state index contributed by atoms with van der Waals surface area (Å²) in [7, 11) is 0. The maximum atomic E-state index is 5.91. The molecule has 0 aliphatic carbocycles. The van der Waals surface area contributed by atoms with Crippen LogP contribution in [-0.2, 0) is 0 Å². The Balaban J connectivity index is 2.48. The Morgan fingerprint density at radius 3 is 2.50 bits per heavy atom. The lowest BCUT2D eigenvalue weighted by molar-refractivity contribution is 1.16. The van der Waals surface area contributed by atoms with Gasteiger partial charge in [0.2, 0.25) is 0 Å². The fourth-order valence-corrected chi connectivity index (χ4v) is 1.46. The minimum absolute atomic E-state index is 0.499. The monoisotopic (exact) mass is 316 g/mol. The Morgan fingerprint density at radius 1 is 1.14 bits per heavy atom. The number of hydrogen-bond donors (Lipinski definition) is 0. The zero-order valence-electron chi connectivity index (χ0n) is 7.11. The van der Waals surface area contributed by atoms with Crippen LogP contribution in [0, 0.1) is 3.57 Å². The number of rotatable bonds is 1. The molecule has 4 heteroatoms. The second kappa shape index (κ2) is 4.23. The van der Waals surface area contributed by atoms with Crippen LogP contribution in [0.25, 0.3) is 11.4 Å². The largest absolute Gasteiger partial charge is 0.235 e. The van der Waals surface area contributed by atoms with E-state index in [1.54, 1.807) is 6.20 Å². The predicted octanol–water partition coefficient (Wildman–Crippen LogP) is 3.40. The molecule has 0 saturated carbocycles. The number of hydrogen-bond acceptors (Lipinski definition) is 2. The van der Waals surface area contributed by atoms with Gasteiger partial charge in [0.15, 0.2) is 5.82 Å². The number of nitrogens with zero attached hydrogens (tertiary/aromatic N) is 2. The summed E-state index contributed by atoms with van der Waals surface area (Å²) in [6.07, 6.45) is 1.72. The summed E-state index contributed by atoms with van der Waals surface area (Å²) in [5.41, 5.74) is 0.978. The highest BCUT2D eigenvalue weighted by Crippen LogP contribution is 2.19. The van der Waals surface area contributed by atoms with Gasteiger partial charge < -0.3 is 0 Å². The summed E-state index contributed by atoms with van der Waals surface area (Å²) in [4.78, 5) is 8.40. The van der Waals surface area contributed by atoms with E-state index in [4.69, 9.17) is 11.6 Å². The Hall–Kier alpha value is -0.680. The van der Waals surface area contributed by atoms with Crippen molar-refractivity contribution in [1.82, 2.24) is 9.97 Å². The Labute approximate surface area is 100 Å². The van der Waals surface area contributed by atoms with E-state index >= 15 is 0 Å². The molecule has 70 valence electrons. The molecule has 0 saturated heterocycles. The van der Waals surface area contributed by atoms with Crippen molar-refractivity contribution in [2.24, 2.45) is 0 Å². The van der Waals surface area contributed by atoms with Gasteiger partial charge in [0.25, 0.3) is 0 Å². The average molecular weight is 317 g/mol. The van der Waals surface area contributed by atoms with Crippen LogP contribution in [0.4, 0.5) is 0 Å². The van der Waals surface area contributed by atoms with Gasteiger partial charge in [-0.05, 0) is 22.6 Å². The molecule has 0 aliphatic rings. The van der Waals surface area contributed by atoms with Gasteiger partial charge in [-0.2, -0.15) is 0 Å². The first-order valence-electron chi connectivity index (χ1n) is 4.01. The molecule has 0 fully saturated rings. The molecule has 0 unspecified atom stereocenters. The SMILES string of the molecule is Clc1nc(-c2ccccc2)ncc1I. The first-order valence-corrected chi connectivity index (χ1v) is 5.46. The molecule has 0 radical (unpaired) electrons. The number of aromatic nitrogens is 2. The molecule has 0 aliphatic heterocycles. The summed E-state index contributed by atoms with van der Waals surface area (Å²) < 4.78 is 0.865. The third-order valence-electron chi connectivity index (χ3n) is 1.73. The van der Waals surface area contributed by atoms with Crippen LogP contribution in [-0.4, -0.2) is 9.97 Å². The molecular weight excluding hydrogens is 310 g/mol. The molecule has 0 spiro atoms. The molecular formula is C10H6ClIN2. The summed E-state index contributed by atoms with van der Waals surface area (Å²) >= 11 is 8.01. The first-order chi connectivity index (χ1) is 6.77. The van der Waals surface area contributed by atoms with Crippen LogP contribution in [0.15, 0.2) is 36.5 Å². The highest BCUT2D eigenvalue weighted by atomic mass is 127. The summed E-state index contributed by atoms with van der Waals surface area (Å²) in [6, 6.07) is 9.77. The van der Waals surface area contributed by atoms with Crippen LogP contribution in [0.2, 0.25) is 5.15 Å². The van der Waals surface area contributed by atoms with Gasteiger partial charge in [-0.3, -0.25) is 0 Å². The zero-order valence-corrected chi connectivity index (χ0v) is 10.0. The summed E-state index contributed by atoms with van der Waals surface area (Å²) in [5, 5.41) is 0.499. The Kier molecular flexibility index (Phi) is 2.98. The quantitative estimate of drug-likeness (QED) is 0.595. The van der Waals surface area contributed by atoms with Crippen molar-refractivity contribution < 1.29 is 0 Å². The van der Waals surface area contributed by atoms with Crippen LogP contribution < -0.4 is 0 Å². The van der Waals surface area contributed by atoms with Gasteiger partial charge in [-0.25, -0.2) is 9.97 Å². The van der Waals surface area contributed by atoms with Gasteiger partial charge in [0, 0.05) is 11.8 Å². The first kappa shape index (κ1) is 9.86. The smallest absolute Gasteiger partial charge is 0.160 e. The predicted molar refractivity (Wildman–Crippen MR) is 65.2 cm³/mol. The van der Waals surface area contributed by atoms with Crippen molar-refractivity contribution in [3.8, 4) is 11.4 Å². The van der Waals surface area contributed by atoms with Crippen molar-refractivity contribution in [2.45, 2.75) is 0 Å². The van der Waals surface area contributed by atoms with E-state index in [1.807, 2.05) is 30.3 Å². The van der Waals surface area contributed by atoms with Gasteiger partial charge in [0.05, 0.1) is 3.57 Å². The van der Waals surface area contributed by atoms with Crippen LogP contribution >= 0.6 is 34.2 Å². The molecule has 14 heavy (non-hydrogen) atoms. The fraction of sp³-hybridized carbons (Fsp3) is 0. The third-order valence-corrected chi connectivity index (χ3v) is 3.13. The van der Waals surface area contributed by atoms with Crippen LogP contribution in [0.1, 0.15) is 0 Å². The molecule has 0 atom stereocenters. The molecule has 0 amide bonds. The minimum Gasteiger partial charge on any atom is -0.235 e. The lowest BCUT2D eigenvalue weighted by atomic mass is 10.2. The fourth-order valence-electron chi connectivity index (χ4n) is 1.07. The second-order valence-electron chi connectivity index (χ2n) is 2.70. The normalized spacial score (nSPS) is 10.1. The van der Waals surface area contributed by atoms with Crippen LogP contribution in [0.3, 0.4) is 0 Å². The molecule has 2 rings (SSSR count). The van der Waals surface area contributed by atoms with Crippen molar-refractivity contribution in [3.05, 3.63) is 45.3 Å². The zero-order chi connectivity index (χ0) is 9.97. The van der Waals surface area contributed by atoms with Gasteiger partial charge in [0.1, 0.15) is 5.15 Å². The van der Waals surface area contributed by atoms with E-state index in [2.05, 4.69) is 32.6 Å². The van der Waals surface area contributed by atoms with E-state index in [1.165, 1.54) is 0 Å². The standard InChI is InChI=1S/C10H6ClIN2/c11-9-8(12)6-13-10(14-9)7-4-2-1-3-5-7/h1-6H. The van der Waals surface area contributed by atoms with E-state index < -0.39 is 0 Å². The Bertz CT molecular complexity index is 445. The molecule has 0 N–H and O–H groups in total. The van der Waals surface area contributed by atoms with E-state index in [9.17, 15) is 0 Å². The molecule has 1 aromatic heterocycles. The van der Waals surface area contributed by atoms with Crippen molar-refractivity contribution in [3.63, 3.8) is 0 Å². The lowest BCUT2D eigenvalue weighted by Crippen LogP contribution is -1.90. The maximum absolute atomic E-state index is 5.91. The van der Waals surface area contributed by atoms with Crippen molar-refractivity contribution in [1.29, 1.82) is 0 Å². The van der Waals surface area contributed by atoms with Crippen molar-refractivity contribution in [2.75, 3.05) is 0 Å². The summed E-state index contributed by atoms with van der Waals surface area (Å²) in [5.74, 6) is 0.663. The van der Waals surface area contributed by atoms with Gasteiger partial charge >= 0.3 is 0 Å². The topological polar surface area (TPSA) is 25.8 Å². The minimum atomic E-state index is 0.499. The average Bonchev–Trinajstić information content (AvgIpc) is 2.23. The number of benzene rings is 1. The maximum Gasteiger partial charge on any atom is 0.160 e. The van der Waals surface area contributed by atoms with Gasteiger partial charge in [-0.15, -0.1) is 0 Å². The van der Waals surface area contributed by atoms with E-state index in [-0.39, 0.29) is 0 Å². The summed E-state index contributed by atoms with van der Waals surface area (Å²) in [6.45, 7) is 0. The molecule has 0 bridgehead atoms. The van der Waals surface area contributed by atoms with Gasteiger partial charge in [-0.1, -0.05) is 41.9 Å². The number of halogens is 2. The second-order valence-corrected chi connectivity index (χ2v) is 4.22. The molecule has 2 nitrogen and oxygen atoms in total. The molecule has 1 heterocycles. The van der Waals surface area contributed by atoms with Crippen LogP contribution in [0.5, 0.6) is 0 Å². The highest BCUT2D eigenvalue weighted by Gasteiger charge is 2.03. The van der Waals surface area contributed by atoms with E-state index in [0.29, 0.717) is 11.0 Å². The van der Waals surface area contributed by atoms with Crippen molar-refractivity contribution >= 4 is 34.2 Å². The lowest BCUT2D eigenvalue weighted by Gasteiger charge is -2.00. The highest BCUT2D eigenvalue weighted by molar-refractivity contribution is 14.1. The molecule has 1 aromatic carbocycles. The third kappa shape index (κ3) is 2.04. The Morgan fingerprint density at radius 2 is 1.86 bits per heavy atom. The molecule has 2 aromatic rings.